The van der Waals surface area contributed by atoms with Gasteiger partial charge in [0.05, 0.1) is 17.7 Å². The van der Waals surface area contributed by atoms with Crippen LogP contribution in [0.5, 0.6) is 5.75 Å². The maximum absolute atomic E-state index is 11.9. The van der Waals surface area contributed by atoms with Gasteiger partial charge in [-0.2, -0.15) is 0 Å². The van der Waals surface area contributed by atoms with E-state index in [2.05, 4.69) is 5.32 Å². The van der Waals surface area contributed by atoms with Crippen molar-refractivity contribution in [2.24, 2.45) is 5.92 Å². The number of methoxy groups -OCH3 is 1. The van der Waals surface area contributed by atoms with Gasteiger partial charge in [0.1, 0.15) is 5.75 Å². The zero-order chi connectivity index (χ0) is 15.3. The largest absolute Gasteiger partial charge is 0.495 e. The molecule has 1 aromatic rings. The number of nitrogens with one attached hydrogen (secondary N) is 1. The van der Waals surface area contributed by atoms with Crippen molar-refractivity contribution in [3.8, 4) is 5.75 Å². The van der Waals surface area contributed by atoms with E-state index in [1.807, 2.05) is 13.8 Å². The van der Waals surface area contributed by atoms with Gasteiger partial charge in [0.15, 0.2) is 0 Å². The zero-order valence-electron chi connectivity index (χ0n) is 11.6. The molecule has 0 bridgehead atoms. The van der Waals surface area contributed by atoms with Crippen LogP contribution in [-0.4, -0.2) is 21.4 Å². The van der Waals surface area contributed by atoms with Crippen LogP contribution in [0.15, 0.2) is 23.1 Å². The van der Waals surface area contributed by atoms with Gasteiger partial charge in [0.25, 0.3) is 9.05 Å². The summed E-state index contributed by atoms with van der Waals surface area (Å²) in [6.07, 6.45) is 1.25. The summed E-state index contributed by atoms with van der Waals surface area (Å²) >= 11 is 0. The first-order valence-electron chi connectivity index (χ1n) is 6.20. The minimum Gasteiger partial charge on any atom is -0.495 e. The van der Waals surface area contributed by atoms with Gasteiger partial charge in [-0.15, -0.1) is 0 Å². The van der Waals surface area contributed by atoms with Crippen molar-refractivity contribution in [1.82, 2.24) is 0 Å². The van der Waals surface area contributed by atoms with E-state index < -0.39 is 9.05 Å². The lowest BCUT2D eigenvalue weighted by Crippen LogP contribution is -2.15. The molecule has 5 nitrogen and oxygen atoms in total. The van der Waals surface area contributed by atoms with Crippen molar-refractivity contribution in [1.29, 1.82) is 0 Å². The van der Waals surface area contributed by atoms with E-state index in [4.69, 9.17) is 15.4 Å². The van der Waals surface area contributed by atoms with E-state index in [0.29, 0.717) is 17.9 Å². The number of carbonyl (C=O) groups is 1. The fraction of sp³-hybridized carbons (Fsp3) is 0.462. The van der Waals surface area contributed by atoms with E-state index in [1.54, 1.807) is 0 Å². The fourth-order valence-corrected chi connectivity index (χ4v) is 2.38. The second-order valence-electron chi connectivity index (χ2n) is 4.57. The Bertz CT molecular complexity index is 586. The van der Waals surface area contributed by atoms with Crippen molar-refractivity contribution >= 4 is 31.3 Å². The molecule has 0 heterocycles. The van der Waals surface area contributed by atoms with Crippen molar-refractivity contribution in [2.75, 3.05) is 12.4 Å². The van der Waals surface area contributed by atoms with Crippen molar-refractivity contribution in [3.63, 3.8) is 0 Å². The molecule has 1 unspecified atom stereocenters. The average molecular weight is 320 g/mol. The smallest absolute Gasteiger partial charge is 0.261 e. The molecule has 1 atom stereocenters. The average Bonchev–Trinajstić information content (AvgIpc) is 2.37. The summed E-state index contributed by atoms with van der Waals surface area (Å²) in [5.74, 6) is 0.439. The number of rotatable bonds is 6. The van der Waals surface area contributed by atoms with Crippen molar-refractivity contribution < 1.29 is 17.9 Å². The van der Waals surface area contributed by atoms with Crippen LogP contribution in [0.4, 0.5) is 5.69 Å². The SMILES string of the molecule is CCC(C)CC(=O)Nc1cc(S(=O)(=O)Cl)ccc1OC. The third kappa shape index (κ3) is 4.68. The molecule has 7 heteroatoms. The Hall–Kier alpha value is -1.27. The lowest BCUT2D eigenvalue weighted by Gasteiger charge is -2.13. The van der Waals surface area contributed by atoms with Crippen LogP contribution in [0.2, 0.25) is 0 Å². The standard InChI is InChI=1S/C13H18ClNO4S/c1-4-9(2)7-13(16)15-11-8-10(20(14,17)18)5-6-12(11)19-3/h5-6,8-9H,4,7H2,1-3H3,(H,15,16). The highest BCUT2D eigenvalue weighted by Crippen LogP contribution is 2.29. The van der Waals surface area contributed by atoms with Gasteiger partial charge in [0.2, 0.25) is 5.91 Å². The van der Waals surface area contributed by atoms with E-state index in [0.717, 1.165) is 6.42 Å². The van der Waals surface area contributed by atoms with E-state index in [1.165, 1.54) is 25.3 Å². The lowest BCUT2D eigenvalue weighted by atomic mass is 10.1. The number of halogens is 1. The molecule has 0 aromatic heterocycles. The first-order valence-corrected chi connectivity index (χ1v) is 8.51. The number of hydrogen-bond donors (Lipinski definition) is 1. The Balaban J connectivity index is 3.00. The molecule has 1 N–H and O–H groups in total. The van der Waals surface area contributed by atoms with Gasteiger partial charge in [-0.05, 0) is 24.1 Å². The number of anilines is 1. The topological polar surface area (TPSA) is 72.5 Å². The Morgan fingerprint density at radius 3 is 2.60 bits per heavy atom. The van der Waals surface area contributed by atoms with Crippen LogP contribution in [-0.2, 0) is 13.8 Å². The molecule has 1 rings (SSSR count). The fourth-order valence-electron chi connectivity index (χ4n) is 1.60. The van der Waals surface area contributed by atoms with Crippen LogP contribution in [0.25, 0.3) is 0 Å². The van der Waals surface area contributed by atoms with Gasteiger partial charge in [-0.3, -0.25) is 4.79 Å². The second-order valence-corrected chi connectivity index (χ2v) is 7.13. The molecule has 0 saturated carbocycles. The monoisotopic (exact) mass is 319 g/mol. The van der Waals surface area contributed by atoms with Gasteiger partial charge in [-0.1, -0.05) is 20.3 Å². The molecule has 0 spiro atoms. The normalized spacial score (nSPS) is 12.8. The van der Waals surface area contributed by atoms with Crippen LogP contribution in [0.1, 0.15) is 26.7 Å². The molecule has 0 fully saturated rings. The minimum atomic E-state index is -3.85. The lowest BCUT2D eigenvalue weighted by molar-refractivity contribution is -0.117. The molecule has 112 valence electrons. The summed E-state index contributed by atoms with van der Waals surface area (Å²) in [4.78, 5) is 11.8. The second kappa shape index (κ2) is 6.95. The molecular weight excluding hydrogens is 302 g/mol. The van der Waals surface area contributed by atoms with E-state index in [-0.39, 0.29) is 16.7 Å². The Morgan fingerprint density at radius 1 is 1.45 bits per heavy atom. The highest BCUT2D eigenvalue weighted by molar-refractivity contribution is 8.13. The molecule has 0 aliphatic heterocycles. The van der Waals surface area contributed by atoms with Crippen molar-refractivity contribution in [2.45, 2.75) is 31.6 Å². The zero-order valence-corrected chi connectivity index (χ0v) is 13.2. The highest BCUT2D eigenvalue weighted by Gasteiger charge is 2.16. The Morgan fingerprint density at radius 2 is 2.10 bits per heavy atom. The predicted octanol–water partition coefficient (Wildman–Crippen LogP) is 3.00. The van der Waals surface area contributed by atoms with Crippen molar-refractivity contribution in [3.05, 3.63) is 18.2 Å². The highest BCUT2D eigenvalue weighted by atomic mass is 35.7. The van der Waals surface area contributed by atoms with Crippen LogP contribution in [0, 0.1) is 5.92 Å². The van der Waals surface area contributed by atoms with E-state index in [9.17, 15) is 13.2 Å². The molecule has 0 radical (unpaired) electrons. The summed E-state index contributed by atoms with van der Waals surface area (Å²) in [6, 6.07) is 4.06. The number of hydrogen-bond acceptors (Lipinski definition) is 4. The third-order valence-corrected chi connectivity index (χ3v) is 4.31. The van der Waals surface area contributed by atoms with Gasteiger partial charge in [0, 0.05) is 17.1 Å². The van der Waals surface area contributed by atoms with Gasteiger partial charge >= 0.3 is 0 Å². The molecule has 1 amide bonds. The number of amides is 1. The molecule has 1 aromatic carbocycles. The number of benzene rings is 1. The Kier molecular flexibility index (Phi) is 5.83. The summed E-state index contributed by atoms with van der Waals surface area (Å²) < 4.78 is 27.7. The maximum Gasteiger partial charge on any atom is 0.261 e. The maximum atomic E-state index is 11.9. The third-order valence-electron chi connectivity index (χ3n) is 2.96. The van der Waals surface area contributed by atoms with E-state index >= 15 is 0 Å². The number of ether oxygens (including phenoxy) is 1. The summed E-state index contributed by atoms with van der Waals surface area (Å²) in [5, 5.41) is 2.65. The molecular formula is C13H18ClNO4S. The first-order chi connectivity index (χ1) is 9.27. The van der Waals surface area contributed by atoms with Crippen LogP contribution in [0.3, 0.4) is 0 Å². The Labute approximate surface area is 123 Å². The van der Waals surface area contributed by atoms with Gasteiger partial charge < -0.3 is 10.1 Å². The molecule has 0 saturated heterocycles. The summed E-state index contributed by atoms with van der Waals surface area (Å²) in [5.41, 5.74) is 0.294. The molecule has 0 aliphatic carbocycles. The summed E-state index contributed by atoms with van der Waals surface area (Å²) in [6.45, 7) is 3.97. The quantitative estimate of drug-likeness (QED) is 0.818. The van der Waals surface area contributed by atoms with Crippen LogP contribution >= 0.6 is 10.7 Å². The van der Waals surface area contributed by atoms with Gasteiger partial charge in [-0.25, -0.2) is 8.42 Å². The first kappa shape index (κ1) is 16.8. The van der Waals surface area contributed by atoms with Crippen LogP contribution < -0.4 is 10.1 Å². The predicted molar refractivity (Wildman–Crippen MR) is 78.7 cm³/mol. The molecule has 0 aliphatic rings. The summed E-state index contributed by atoms with van der Waals surface area (Å²) in [7, 11) is 2.88. The minimum absolute atomic E-state index is 0.0844. The molecule has 20 heavy (non-hydrogen) atoms. The number of carbonyl (C=O) groups excluding carboxylic acids is 1.